The number of thiazole rings is 1. The van der Waals surface area contributed by atoms with Crippen molar-refractivity contribution in [3.63, 3.8) is 0 Å². The molecule has 0 aliphatic heterocycles. The molecule has 0 saturated heterocycles. The Labute approximate surface area is 162 Å². The second kappa shape index (κ2) is 7.98. The van der Waals surface area contributed by atoms with Gasteiger partial charge in [-0.05, 0) is 52.2 Å². The standard InChI is InChI=1S/C18H36N2O2S2Si/c1-11-14-12-23-15(19-14)18(8,20-24(21)16(2,3)4)13-22-25(9,10)17(5,6)7/h12,20H,11,13H2,1-10H3/t18-,24?/m0/s1. The van der Waals surface area contributed by atoms with E-state index in [0.717, 1.165) is 17.1 Å². The third kappa shape index (κ3) is 6.04. The molecule has 1 heterocycles. The lowest BCUT2D eigenvalue weighted by Crippen LogP contribution is -2.54. The molecule has 1 N–H and O–H groups in total. The average Bonchev–Trinajstić information content (AvgIpc) is 2.92. The predicted molar refractivity (Wildman–Crippen MR) is 113 cm³/mol. The molecule has 0 amide bonds. The summed E-state index contributed by atoms with van der Waals surface area (Å²) in [6.45, 7) is 21.7. The van der Waals surface area contributed by atoms with Gasteiger partial charge in [-0.15, -0.1) is 16.1 Å². The van der Waals surface area contributed by atoms with Crippen LogP contribution in [0.5, 0.6) is 0 Å². The van der Waals surface area contributed by atoms with E-state index in [4.69, 9.17) is 9.41 Å². The number of nitrogens with zero attached hydrogens (tertiary/aromatic N) is 1. The molecule has 0 aliphatic rings. The Bertz CT molecular complexity index is 564. The number of aryl methyl sites for hydroxylation is 1. The van der Waals surface area contributed by atoms with E-state index in [9.17, 15) is 4.55 Å². The van der Waals surface area contributed by atoms with E-state index in [1.165, 1.54) is 0 Å². The van der Waals surface area contributed by atoms with Crippen LogP contribution in [-0.4, -0.2) is 29.2 Å². The summed E-state index contributed by atoms with van der Waals surface area (Å²) in [5.74, 6) is 0. The lowest BCUT2D eigenvalue weighted by Gasteiger charge is -2.40. The van der Waals surface area contributed by atoms with Gasteiger partial charge in [0.15, 0.2) is 8.32 Å². The maximum Gasteiger partial charge on any atom is 0.192 e. The van der Waals surface area contributed by atoms with E-state index >= 15 is 0 Å². The van der Waals surface area contributed by atoms with Gasteiger partial charge in [0.05, 0.1) is 12.3 Å². The first-order chi connectivity index (χ1) is 11.1. The Morgan fingerprint density at radius 2 is 1.76 bits per heavy atom. The van der Waals surface area contributed by atoms with Gasteiger partial charge in [0, 0.05) is 16.7 Å². The van der Waals surface area contributed by atoms with Gasteiger partial charge in [0.25, 0.3) is 0 Å². The lowest BCUT2D eigenvalue weighted by molar-refractivity contribution is 0.198. The van der Waals surface area contributed by atoms with E-state index in [1.807, 2.05) is 20.8 Å². The van der Waals surface area contributed by atoms with Crippen molar-refractivity contribution >= 4 is 31.0 Å². The topological polar surface area (TPSA) is 57.2 Å². The second-order valence-corrected chi connectivity index (χ2v) is 17.0. The maximum atomic E-state index is 12.8. The molecule has 0 saturated carbocycles. The molecule has 0 radical (unpaired) electrons. The maximum absolute atomic E-state index is 12.8. The van der Waals surface area contributed by atoms with E-state index in [1.54, 1.807) is 11.3 Å². The van der Waals surface area contributed by atoms with Crippen LogP contribution in [0.1, 0.15) is 66.1 Å². The monoisotopic (exact) mass is 404 g/mol. The van der Waals surface area contributed by atoms with Crippen LogP contribution < -0.4 is 4.72 Å². The van der Waals surface area contributed by atoms with Crippen molar-refractivity contribution in [2.24, 2.45) is 0 Å². The summed E-state index contributed by atoms with van der Waals surface area (Å²) in [4.78, 5) is 4.76. The highest BCUT2D eigenvalue weighted by molar-refractivity contribution is 7.90. The SMILES string of the molecule is CCc1csc([C@](C)(CO[Si](C)(C)C(C)(C)C)N[S+]([O-])C(C)(C)C)n1. The van der Waals surface area contributed by atoms with Crippen LogP contribution in [0.2, 0.25) is 18.1 Å². The van der Waals surface area contributed by atoms with Gasteiger partial charge in [0.2, 0.25) is 0 Å². The lowest BCUT2D eigenvalue weighted by atomic mass is 10.1. The molecule has 0 spiro atoms. The van der Waals surface area contributed by atoms with Crippen LogP contribution in [0.25, 0.3) is 0 Å². The van der Waals surface area contributed by atoms with E-state index < -0.39 is 25.2 Å². The molecule has 4 nitrogen and oxygen atoms in total. The number of rotatable bonds is 7. The smallest absolute Gasteiger partial charge is 0.192 e. The zero-order valence-corrected chi connectivity index (χ0v) is 20.2. The van der Waals surface area contributed by atoms with Gasteiger partial charge in [-0.25, -0.2) is 4.98 Å². The quantitative estimate of drug-likeness (QED) is 0.513. The fourth-order valence-corrected chi connectivity index (χ4v) is 4.78. The normalized spacial score (nSPS) is 17.4. The van der Waals surface area contributed by atoms with Crippen molar-refractivity contribution in [3.05, 3.63) is 16.1 Å². The molecule has 0 fully saturated rings. The van der Waals surface area contributed by atoms with E-state index in [0.29, 0.717) is 6.61 Å². The number of aromatic nitrogens is 1. The molecule has 7 heteroatoms. The zero-order valence-electron chi connectivity index (χ0n) is 17.6. The molecular weight excluding hydrogens is 368 g/mol. The summed E-state index contributed by atoms with van der Waals surface area (Å²) < 4.78 is 22.2. The summed E-state index contributed by atoms with van der Waals surface area (Å²) in [6.07, 6.45) is 0.901. The summed E-state index contributed by atoms with van der Waals surface area (Å²) in [5.41, 5.74) is 0.507. The fourth-order valence-electron chi connectivity index (χ4n) is 1.76. The van der Waals surface area contributed by atoms with Gasteiger partial charge >= 0.3 is 0 Å². The summed E-state index contributed by atoms with van der Waals surface area (Å²) in [5, 5.41) is 3.16. The van der Waals surface area contributed by atoms with Crippen molar-refractivity contribution in [2.45, 2.75) is 90.2 Å². The van der Waals surface area contributed by atoms with Crippen molar-refractivity contribution in [1.29, 1.82) is 0 Å². The highest BCUT2D eigenvalue weighted by atomic mass is 32.2. The molecule has 25 heavy (non-hydrogen) atoms. The molecule has 0 aliphatic carbocycles. The predicted octanol–water partition coefficient (Wildman–Crippen LogP) is 4.99. The molecule has 1 unspecified atom stereocenters. The largest absolute Gasteiger partial charge is 0.598 e. The third-order valence-electron chi connectivity index (χ3n) is 4.79. The minimum atomic E-state index is -1.91. The fraction of sp³-hybridized carbons (Fsp3) is 0.833. The Balaban J connectivity index is 3.11. The van der Waals surface area contributed by atoms with Gasteiger partial charge in [-0.3, -0.25) is 0 Å². The van der Waals surface area contributed by atoms with E-state index in [2.05, 4.69) is 57.8 Å². The molecule has 1 aromatic rings. The first-order valence-electron chi connectivity index (χ1n) is 8.91. The number of nitrogens with one attached hydrogen (secondary N) is 1. The van der Waals surface area contributed by atoms with Crippen LogP contribution in [0.4, 0.5) is 0 Å². The third-order valence-corrected chi connectivity index (χ3v) is 12.2. The summed E-state index contributed by atoms with van der Waals surface area (Å²) >= 11 is 0.422. The van der Waals surface area contributed by atoms with Crippen LogP contribution in [-0.2, 0) is 27.7 Å². The molecule has 0 aromatic carbocycles. The van der Waals surface area contributed by atoms with Gasteiger partial charge in [-0.1, -0.05) is 27.7 Å². The Morgan fingerprint density at radius 3 is 2.16 bits per heavy atom. The summed E-state index contributed by atoms with van der Waals surface area (Å²) in [7, 11) is -1.91. The van der Waals surface area contributed by atoms with Crippen LogP contribution in [0.3, 0.4) is 0 Å². The Hall–Kier alpha value is 0.0769. The van der Waals surface area contributed by atoms with Crippen LogP contribution in [0.15, 0.2) is 5.38 Å². The molecule has 146 valence electrons. The molecule has 0 bridgehead atoms. The molecular formula is C18H36N2O2S2Si. The van der Waals surface area contributed by atoms with Gasteiger partial charge in [0.1, 0.15) is 15.3 Å². The first-order valence-corrected chi connectivity index (χ1v) is 13.8. The average molecular weight is 405 g/mol. The zero-order chi connectivity index (χ0) is 19.7. The van der Waals surface area contributed by atoms with Crippen molar-refractivity contribution < 1.29 is 8.98 Å². The van der Waals surface area contributed by atoms with Gasteiger partial charge in [-0.2, -0.15) is 0 Å². The number of hydrogen-bond donors (Lipinski definition) is 1. The minimum absolute atomic E-state index is 0.133. The highest BCUT2D eigenvalue weighted by Gasteiger charge is 2.43. The van der Waals surface area contributed by atoms with Crippen LogP contribution in [0, 0.1) is 0 Å². The first kappa shape index (κ1) is 23.1. The van der Waals surface area contributed by atoms with Gasteiger partial charge < -0.3 is 8.98 Å². The molecule has 1 rings (SSSR count). The second-order valence-electron chi connectivity index (χ2n) is 9.36. The molecule has 2 atom stereocenters. The van der Waals surface area contributed by atoms with Crippen molar-refractivity contribution in [2.75, 3.05) is 6.61 Å². The van der Waals surface area contributed by atoms with Crippen molar-refractivity contribution in [1.82, 2.24) is 9.71 Å². The van der Waals surface area contributed by atoms with E-state index in [-0.39, 0.29) is 9.79 Å². The Morgan fingerprint density at radius 1 is 1.20 bits per heavy atom. The summed E-state index contributed by atoms with van der Waals surface area (Å²) in [6, 6.07) is 0. The highest BCUT2D eigenvalue weighted by Crippen LogP contribution is 2.38. The molecule has 1 aromatic heterocycles. The number of hydrogen-bond acceptors (Lipinski definition) is 5. The van der Waals surface area contributed by atoms with Crippen LogP contribution >= 0.6 is 11.3 Å². The minimum Gasteiger partial charge on any atom is -0.598 e. The Kier molecular flexibility index (Phi) is 7.38. The van der Waals surface area contributed by atoms with Crippen molar-refractivity contribution in [3.8, 4) is 0 Å².